The number of rotatable bonds is 3. The summed E-state index contributed by atoms with van der Waals surface area (Å²) in [5, 5.41) is 16.5. The number of carbonyl (C=O) groups excluding carboxylic acids is 2. The van der Waals surface area contributed by atoms with Crippen LogP contribution in [0, 0.1) is 0 Å². The van der Waals surface area contributed by atoms with Gasteiger partial charge in [0.25, 0.3) is 0 Å². The standard InChI is InChI=1S/C19H19N3O4S/c1-19(2)14(17(24)25)22-15(23)13(16(22)27-19)21-18(26)20-12-9-5-7-10-6-3-4-8-11(10)12/h3-9,13-14,16H,1-2H3,(H,24,25)(H2,20,21,26)/t13-,14+,16-/m1/s1. The summed E-state index contributed by atoms with van der Waals surface area (Å²) in [5.41, 5.74) is 0.650. The van der Waals surface area contributed by atoms with Crippen molar-refractivity contribution in [1.82, 2.24) is 10.2 Å². The highest BCUT2D eigenvalue weighted by Crippen LogP contribution is 2.50. The van der Waals surface area contributed by atoms with Crippen LogP contribution in [-0.4, -0.2) is 50.1 Å². The minimum atomic E-state index is -1.03. The number of nitrogens with one attached hydrogen (secondary N) is 2. The van der Waals surface area contributed by atoms with E-state index in [1.807, 2.05) is 36.4 Å². The van der Waals surface area contributed by atoms with Crippen molar-refractivity contribution in [3.63, 3.8) is 0 Å². The number of nitrogens with zero attached hydrogens (tertiary/aromatic N) is 1. The van der Waals surface area contributed by atoms with Crippen molar-refractivity contribution in [2.45, 2.75) is 36.1 Å². The highest BCUT2D eigenvalue weighted by atomic mass is 32.2. The summed E-state index contributed by atoms with van der Waals surface area (Å²) >= 11 is 1.40. The molecule has 2 heterocycles. The predicted octanol–water partition coefficient (Wildman–Crippen LogP) is 2.48. The molecule has 2 aliphatic heterocycles. The summed E-state index contributed by atoms with van der Waals surface area (Å²) in [6.07, 6.45) is 0. The maximum atomic E-state index is 12.5. The Morgan fingerprint density at radius 3 is 2.59 bits per heavy atom. The second-order valence-electron chi connectivity index (χ2n) is 7.20. The van der Waals surface area contributed by atoms with Gasteiger partial charge in [-0.1, -0.05) is 36.4 Å². The number of β-lactam (4-membered cyclic amide) rings is 1. The molecule has 7 nitrogen and oxygen atoms in total. The second kappa shape index (κ2) is 6.16. The third kappa shape index (κ3) is 2.80. The SMILES string of the molecule is CC1(C)S[C@@H]2[C@H](NC(=O)Nc3cccc4ccccc34)C(=O)N2[C@H]1C(=O)O. The van der Waals surface area contributed by atoms with E-state index in [0.29, 0.717) is 5.69 Å². The van der Waals surface area contributed by atoms with Crippen LogP contribution >= 0.6 is 11.8 Å². The number of carboxylic acids is 1. The predicted molar refractivity (Wildman–Crippen MR) is 104 cm³/mol. The van der Waals surface area contributed by atoms with Gasteiger partial charge in [0.2, 0.25) is 5.91 Å². The lowest BCUT2D eigenvalue weighted by molar-refractivity contribution is -0.159. The highest BCUT2D eigenvalue weighted by Gasteiger charge is 2.64. The molecule has 3 N–H and O–H groups in total. The van der Waals surface area contributed by atoms with E-state index < -0.39 is 28.8 Å². The van der Waals surface area contributed by atoms with Crippen molar-refractivity contribution in [3.05, 3.63) is 42.5 Å². The molecular formula is C19H19N3O4S. The van der Waals surface area contributed by atoms with Gasteiger partial charge in [-0.25, -0.2) is 9.59 Å². The Hall–Kier alpha value is -2.74. The van der Waals surface area contributed by atoms with Gasteiger partial charge in [-0.2, -0.15) is 0 Å². The van der Waals surface area contributed by atoms with Crippen LogP contribution in [-0.2, 0) is 9.59 Å². The molecule has 0 bridgehead atoms. The number of hydrogen-bond donors (Lipinski definition) is 3. The minimum Gasteiger partial charge on any atom is -0.480 e. The summed E-state index contributed by atoms with van der Waals surface area (Å²) in [4.78, 5) is 37.8. The van der Waals surface area contributed by atoms with E-state index in [2.05, 4.69) is 10.6 Å². The third-order valence-corrected chi connectivity index (χ3v) is 6.57. The number of thioether (sulfide) groups is 1. The molecule has 0 spiro atoms. The van der Waals surface area contributed by atoms with E-state index in [1.165, 1.54) is 16.7 Å². The molecular weight excluding hydrogens is 366 g/mol. The second-order valence-corrected chi connectivity index (χ2v) is 8.97. The van der Waals surface area contributed by atoms with Crippen molar-refractivity contribution >= 4 is 46.1 Å². The molecule has 0 radical (unpaired) electrons. The molecule has 0 saturated carbocycles. The fraction of sp³-hybridized carbons (Fsp3) is 0.316. The van der Waals surface area contributed by atoms with Crippen LogP contribution in [0.4, 0.5) is 10.5 Å². The van der Waals surface area contributed by atoms with Gasteiger partial charge in [0.15, 0.2) is 0 Å². The van der Waals surface area contributed by atoms with Crippen LogP contribution < -0.4 is 10.6 Å². The van der Waals surface area contributed by atoms with Crippen LogP contribution in [0.3, 0.4) is 0 Å². The number of urea groups is 1. The van der Waals surface area contributed by atoms with E-state index >= 15 is 0 Å². The quantitative estimate of drug-likeness (QED) is 0.705. The number of fused-ring (bicyclic) bond motifs is 2. The lowest BCUT2D eigenvalue weighted by atomic mass is 9.96. The Bertz CT molecular complexity index is 956. The number of anilines is 1. The summed E-state index contributed by atoms with van der Waals surface area (Å²) in [6.45, 7) is 3.60. The monoisotopic (exact) mass is 385 g/mol. The van der Waals surface area contributed by atoms with E-state index in [0.717, 1.165) is 10.8 Å². The first-order chi connectivity index (χ1) is 12.8. The number of carbonyl (C=O) groups is 3. The molecule has 27 heavy (non-hydrogen) atoms. The summed E-state index contributed by atoms with van der Waals surface area (Å²) < 4.78 is -0.616. The van der Waals surface area contributed by atoms with Gasteiger partial charge in [0, 0.05) is 10.1 Å². The Kier molecular flexibility index (Phi) is 4.03. The fourth-order valence-corrected chi connectivity index (χ4v) is 5.40. The summed E-state index contributed by atoms with van der Waals surface area (Å²) in [7, 11) is 0. The minimum absolute atomic E-state index is 0.362. The van der Waals surface area contributed by atoms with Crippen molar-refractivity contribution in [1.29, 1.82) is 0 Å². The number of amides is 3. The van der Waals surface area contributed by atoms with Gasteiger partial charge >= 0.3 is 12.0 Å². The van der Waals surface area contributed by atoms with Gasteiger partial charge in [0.1, 0.15) is 17.5 Å². The summed E-state index contributed by atoms with van der Waals surface area (Å²) in [5.74, 6) is -1.39. The van der Waals surface area contributed by atoms with Crippen LogP contribution in [0.25, 0.3) is 10.8 Å². The largest absolute Gasteiger partial charge is 0.480 e. The molecule has 140 valence electrons. The first-order valence-electron chi connectivity index (χ1n) is 8.58. The van der Waals surface area contributed by atoms with Gasteiger partial charge in [0.05, 0.1) is 5.69 Å². The zero-order valence-electron chi connectivity index (χ0n) is 14.8. The Morgan fingerprint density at radius 1 is 1.15 bits per heavy atom. The van der Waals surface area contributed by atoms with Crippen LogP contribution in [0.5, 0.6) is 0 Å². The molecule has 2 aromatic carbocycles. The maximum Gasteiger partial charge on any atom is 0.327 e. The van der Waals surface area contributed by atoms with Crippen LogP contribution in [0.1, 0.15) is 13.8 Å². The molecule has 3 amide bonds. The molecule has 2 fully saturated rings. The number of carboxylic acid groups (broad SMARTS) is 1. The molecule has 2 saturated heterocycles. The van der Waals surface area contributed by atoms with E-state index in [4.69, 9.17) is 0 Å². The molecule has 3 atom stereocenters. The lowest BCUT2D eigenvalue weighted by Gasteiger charge is -2.43. The van der Waals surface area contributed by atoms with Crippen LogP contribution in [0.15, 0.2) is 42.5 Å². The normalized spacial score (nSPS) is 25.6. The van der Waals surface area contributed by atoms with Crippen molar-refractivity contribution in [2.24, 2.45) is 0 Å². The van der Waals surface area contributed by atoms with E-state index in [9.17, 15) is 19.5 Å². The Labute approximate surface area is 160 Å². The fourth-order valence-electron chi connectivity index (χ4n) is 3.78. The number of aliphatic carboxylic acids is 1. The van der Waals surface area contributed by atoms with Crippen molar-refractivity contribution in [2.75, 3.05) is 5.32 Å². The average Bonchev–Trinajstić information content (AvgIpc) is 2.88. The average molecular weight is 385 g/mol. The van der Waals surface area contributed by atoms with Gasteiger partial charge < -0.3 is 20.6 Å². The van der Waals surface area contributed by atoms with E-state index in [1.54, 1.807) is 19.9 Å². The first-order valence-corrected chi connectivity index (χ1v) is 9.45. The van der Waals surface area contributed by atoms with Crippen LogP contribution in [0.2, 0.25) is 0 Å². The summed E-state index contributed by atoms with van der Waals surface area (Å²) in [6, 6.07) is 11.2. The molecule has 0 aliphatic carbocycles. The Morgan fingerprint density at radius 2 is 1.85 bits per heavy atom. The number of hydrogen-bond acceptors (Lipinski definition) is 4. The molecule has 2 aliphatic rings. The van der Waals surface area contributed by atoms with E-state index in [-0.39, 0.29) is 11.3 Å². The molecule has 4 rings (SSSR count). The van der Waals surface area contributed by atoms with Gasteiger partial charge in [-0.3, -0.25) is 4.79 Å². The maximum absolute atomic E-state index is 12.5. The first kappa shape index (κ1) is 17.7. The zero-order chi connectivity index (χ0) is 19.3. The lowest BCUT2D eigenvalue weighted by Crippen LogP contribution is -2.70. The molecule has 0 aromatic heterocycles. The smallest absolute Gasteiger partial charge is 0.327 e. The highest BCUT2D eigenvalue weighted by molar-refractivity contribution is 8.01. The molecule has 0 unspecified atom stereocenters. The Balaban J connectivity index is 1.48. The third-order valence-electron chi connectivity index (χ3n) is 5.00. The zero-order valence-corrected chi connectivity index (χ0v) is 15.6. The van der Waals surface area contributed by atoms with Crippen molar-refractivity contribution in [3.8, 4) is 0 Å². The van der Waals surface area contributed by atoms with Gasteiger partial charge in [-0.15, -0.1) is 11.8 Å². The van der Waals surface area contributed by atoms with Crippen molar-refractivity contribution < 1.29 is 19.5 Å². The molecule has 2 aromatic rings. The number of benzene rings is 2. The topological polar surface area (TPSA) is 98.7 Å². The molecule has 8 heteroatoms. The van der Waals surface area contributed by atoms with Gasteiger partial charge in [-0.05, 0) is 25.3 Å².